The molecule has 0 spiro atoms. The van der Waals surface area contributed by atoms with Gasteiger partial charge in [-0.25, -0.2) is 0 Å². The summed E-state index contributed by atoms with van der Waals surface area (Å²) in [6.07, 6.45) is 6.87. The van der Waals surface area contributed by atoms with E-state index in [4.69, 9.17) is 14.0 Å². The molecule has 4 nitrogen and oxygen atoms in total. The molecule has 6 heteroatoms. The van der Waals surface area contributed by atoms with Gasteiger partial charge in [0.05, 0.1) is 6.10 Å². The summed E-state index contributed by atoms with van der Waals surface area (Å²) in [7, 11) is 0.104. The summed E-state index contributed by atoms with van der Waals surface area (Å²) in [5.41, 5.74) is 1.20. The highest BCUT2D eigenvalue weighted by Crippen LogP contribution is 2.39. The number of hydrogen-bond acceptors (Lipinski definition) is 4. The van der Waals surface area contributed by atoms with Crippen molar-refractivity contribution in [3.8, 4) is 11.5 Å². The fraction of sp³-hybridized carbons (Fsp3) is 0.684. The smallest absolute Gasteiger partial charge is 0.523 e. The summed E-state index contributed by atoms with van der Waals surface area (Å²) in [5.74, 6) is 1.74. The molecular weight excluding hydrogens is 312 g/mol. The molecule has 3 rings (SSSR count). The summed E-state index contributed by atoms with van der Waals surface area (Å²) < 4.78 is 18.3. The van der Waals surface area contributed by atoms with Crippen molar-refractivity contribution in [2.75, 3.05) is 6.54 Å². The highest BCUT2D eigenvalue weighted by atomic mass is 16.6. The lowest BCUT2D eigenvalue weighted by Gasteiger charge is -2.23. The Morgan fingerprint density at radius 2 is 1.80 bits per heavy atom. The number of hydrogen-bond donors (Lipinski definition) is 0. The van der Waals surface area contributed by atoms with Gasteiger partial charge in [-0.15, -0.1) is 0 Å². The van der Waals surface area contributed by atoms with E-state index < -0.39 is 0 Å². The van der Waals surface area contributed by atoms with Crippen molar-refractivity contribution in [1.29, 1.82) is 0 Å². The van der Waals surface area contributed by atoms with Crippen LogP contribution in [0.5, 0.6) is 11.5 Å². The van der Waals surface area contributed by atoms with Gasteiger partial charge < -0.3 is 18.8 Å². The lowest BCUT2D eigenvalue weighted by Crippen LogP contribution is -2.39. The second kappa shape index (κ2) is 8.50. The van der Waals surface area contributed by atoms with E-state index >= 15 is 0 Å². The lowest BCUT2D eigenvalue weighted by molar-refractivity contribution is 0.243. The summed E-state index contributed by atoms with van der Waals surface area (Å²) in [6, 6.07) is 6.79. The lowest BCUT2D eigenvalue weighted by atomic mass is 9.74. The molecule has 1 aromatic carbocycles. The van der Waals surface area contributed by atoms with Crippen molar-refractivity contribution in [1.82, 2.24) is 4.81 Å². The molecule has 136 valence electrons. The minimum absolute atomic E-state index is 0.118. The molecule has 2 aliphatic rings. The maximum atomic E-state index is 6.40. The molecule has 0 aliphatic carbocycles. The van der Waals surface area contributed by atoms with Crippen LogP contribution >= 0.6 is 0 Å². The van der Waals surface area contributed by atoms with Gasteiger partial charge in [0.2, 0.25) is 0 Å². The fourth-order valence-corrected chi connectivity index (χ4v) is 3.67. The molecule has 0 bridgehead atoms. The Morgan fingerprint density at radius 1 is 1.08 bits per heavy atom. The van der Waals surface area contributed by atoms with Crippen LogP contribution in [0.15, 0.2) is 18.2 Å². The van der Waals surface area contributed by atoms with E-state index in [1.165, 1.54) is 18.4 Å². The van der Waals surface area contributed by atoms with Crippen LogP contribution in [0.1, 0.15) is 65.0 Å². The van der Waals surface area contributed by atoms with E-state index in [-0.39, 0.29) is 20.3 Å². The van der Waals surface area contributed by atoms with Gasteiger partial charge in [0, 0.05) is 12.9 Å². The molecule has 0 N–H and O–H groups in total. The predicted molar refractivity (Wildman–Crippen MR) is 104 cm³/mol. The Bertz CT molecular complexity index is 570. The minimum Gasteiger partial charge on any atom is -0.523 e. The fourth-order valence-electron chi connectivity index (χ4n) is 3.67. The highest BCUT2D eigenvalue weighted by Gasteiger charge is 2.39. The van der Waals surface area contributed by atoms with Crippen molar-refractivity contribution < 1.29 is 14.0 Å². The first kappa shape index (κ1) is 18.7. The third-order valence-electron chi connectivity index (χ3n) is 5.19. The summed E-state index contributed by atoms with van der Waals surface area (Å²) in [4.78, 5) is 2.48. The number of fused-ring (bicyclic) bond motifs is 1. The van der Waals surface area contributed by atoms with Gasteiger partial charge in [0.25, 0.3) is 0 Å². The zero-order valence-electron chi connectivity index (χ0n) is 16.2. The Morgan fingerprint density at radius 3 is 2.52 bits per heavy atom. The monoisotopic (exact) mass is 343 g/mol. The maximum Gasteiger partial charge on any atom is 0.594 e. The predicted octanol–water partition coefficient (Wildman–Crippen LogP) is 4.82. The van der Waals surface area contributed by atoms with Crippen LogP contribution < -0.4 is 9.31 Å². The molecule has 0 radical (unpaired) electrons. The van der Waals surface area contributed by atoms with Gasteiger partial charge in [-0.2, -0.15) is 0 Å². The number of unbranched alkanes of at least 4 members (excludes halogenated alkanes) is 2. The molecule has 1 atom stereocenters. The molecule has 1 unspecified atom stereocenters. The number of rotatable bonds is 8. The second-order valence-corrected chi connectivity index (χ2v) is 7.53. The van der Waals surface area contributed by atoms with E-state index in [1.807, 2.05) is 6.07 Å². The SMILES string of the molecule is CCCCB1Oc2ccc(C3CN(C(C)C)B(CCCC)O3)cc2O1. The normalized spacial score (nSPS) is 20.1. The zero-order valence-corrected chi connectivity index (χ0v) is 16.2. The number of benzene rings is 1. The molecule has 0 aromatic heterocycles. The van der Waals surface area contributed by atoms with Crippen LogP contribution in [-0.2, 0) is 4.65 Å². The summed E-state index contributed by atoms with van der Waals surface area (Å²) >= 11 is 0. The average molecular weight is 343 g/mol. The van der Waals surface area contributed by atoms with Crippen LogP contribution in [0.25, 0.3) is 0 Å². The third-order valence-corrected chi connectivity index (χ3v) is 5.19. The first-order valence-electron chi connectivity index (χ1n) is 10.0. The number of nitrogens with zero attached hydrogens (tertiary/aromatic N) is 1. The first-order valence-corrected chi connectivity index (χ1v) is 10.0. The summed E-state index contributed by atoms with van der Waals surface area (Å²) in [6.45, 7) is 9.88. The van der Waals surface area contributed by atoms with Gasteiger partial charge in [-0.3, -0.25) is 0 Å². The third kappa shape index (κ3) is 4.35. The minimum atomic E-state index is -0.126. The van der Waals surface area contributed by atoms with Crippen molar-refractivity contribution >= 4 is 14.2 Å². The van der Waals surface area contributed by atoms with Crippen LogP contribution in [0.4, 0.5) is 0 Å². The first-order chi connectivity index (χ1) is 12.1. The zero-order chi connectivity index (χ0) is 17.8. The molecule has 2 heterocycles. The molecule has 2 aliphatic heterocycles. The molecule has 0 saturated carbocycles. The maximum absolute atomic E-state index is 6.40. The van der Waals surface area contributed by atoms with Crippen LogP contribution in [-0.4, -0.2) is 31.6 Å². The van der Waals surface area contributed by atoms with Gasteiger partial charge in [-0.05, 0) is 30.1 Å². The van der Waals surface area contributed by atoms with E-state index in [0.29, 0.717) is 6.04 Å². The topological polar surface area (TPSA) is 30.9 Å². The van der Waals surface area contributed by atoms with Crippen molar-refractivity contribution in [3.05, 3.63) is 23.8 Å². The van der Waals surface area contributed by atoms with E-state index in [9.17, 15) is 0 Å². The molecule has 0 amide bonds. The van der Waals surface area contributed by atoms with Gasteiger partial charge in [0.15, 0.2) is 0 Å². The van der Waals surface area contributed by atoms with Crippen molar-refractivity contribution in [2.45, 2.75) is 78.2 Å². The van der Waals surface area contributed by atoms with Gasteiger partial charge in [-0.1, -0.05) is 59.4 Å². The molecule has 25 heavy (non-hydrogen) atoms. The summed E-state index contributed by atoms with van der Waals surface area (Å²) in [5, 5.41) is 0. The largest absolute Gasteiger partial charge is 0.594 e. The molecule has 1 aromatic rings. The quantitative estimate of drug-likeness (QED) is 0.634. The van der Waals surface area contributed by atoms with Crippen molar-refractivity contribution in [2.24, 2.45) is 0 Å². The van der Waals surface area contributed by atoms with Gasteiger partial charge >= 0.3 is 14.2 Å². The van der Waals surface area contributed by atoms with E-state index in [1.54, 1.807) is 0 Å². The molecular formula is C19H31B2NO3. The Labute approximate surface area is 153 Å². The van der Waals surface area contributed by atoms with Gasteiger partial charge in [0.1, 0.15) is 11.5 Å². The average Bonchev–Trinajstić information content (AvgIpc) is 3.21. The van der Waals surface area contributed by atoms with E-state index in [0.717, 1.165) is 43.5 Å². The standard InChI is InChI=1S/C19H31B2NO3/c1-5-7-11-20-22(15(3)4)14-19(23-20)16-9-10-17-18(13-16)25-21(24-17)12-8-6-2/h9-10,13,15,19H,5-8,11-12,14H2,1-4H3. The Balaban J connectivity index is 1.67. The Hall–Kier alpha value is -1.13. The second-order valence-electron chi connectivity index (χ2n) is 7.53. The van der Waals surface area contributed by atoms with Crippen LogP contribution in [0, 0.1) is 0 Å². The molecule has 1 fully saturated rings. The highest BCUT2D eigenvalue weighted by molar-refractivity contribution is 6.49. The van der Waals surface area contributed by atoms with E-state index in [2.05, 4.69) is 44.6 Å². The molecule has 1 saturated heterocycles. The van der Waals surface area contributed by atoms with Crippen LogP contribution in [0.3, 0.4) is 0 Å². The van der Waals surface area contributed by atoms with Crippen LogP contribution in [0.2, 0.25) is 12.6 Å². The van der Waals surface area contributed by atoms with Crippen molar-refractivity contribution in [3.63, 3.8) is 0 Å². The Kier molecular flexibility index (Phi) is 6.34.